The van der Waals surface area contributed by atoms with Crippen LogP contribution in [0.1, 0.15) is 6.92 Å². The van der Waals surface area contributed by atoms with Crippen LogP contribution >= 0.6 is 0 Å². The van der Waals surface area contributed by atoms with E-state index in [1.807, 2.05) is 19.1 Å². The topological polar surface area (TPSA) is 93.8 Å². The molecule has 0 atom stereocenters. The summed E-state index contributed by atoms with van der Waals surface area (Å²) < 4.78 is 22.5. The third-order valence-corrected chi connectivity index (χ3v) is 6.08. The highest BCUT2D eigenvalue weighted by Gasteiger charge is 2.20. The van der Waals surface area contributed by atoms with E-state index in [-0.39, 0.29) is 0 Å². The van der Waals surface area contributed by atoms with Crippen molar-refractivity contribution in [1.29, 1.82) is 0 Å². The first-order chi connectivity index (χ1) is 16.7. The van der Waals surface area contributed by atoms with Crippen molar-refractivity contribution < 1.29 is 18.9 Å². The number of ether oxygens (including phenoxy) is 4. The van der Waals surface area contributed by atoms with Crippen LogP contribution in [0, 0.1) is 0 Å². The molecule has 0 spiro atoms. The number of benzene rings is 2. The Morgan fingerprint density at radius 2 is 1.65 bits per heavy atom. The molecular weight excluding hydrogens is 434 g/mol. The molecule has 4 aromatic rings. The first kappa shape index (κ1) is 22.1. The fraction of sp³-hybridized carbons (Fsp3) is 0.360. The van der Waals surface area contributed by atoms with E-state index < -0.39 is 0 Å². The van der Waals surface area contributed by atoms with Crippen LogP contribution in [0.25, 0.3) is 33.1 Å². The largest absolute Gasteiger partial charge is 0.493 e. The van der Waals surface area contributed by atoms with Gasteiger partial charge in [0.05, 0.1) is 27.9 Å². The molecule has 2 aromatic heterocycles. The normalized spacial score (nSPS) is 13.9. The van der Waals surface area contributed by atoms with Crippen LogP contribution in [0.5, 0.6) is 23.1 Å². The van der Waals surface area contributed by atoms with Gasteiger partial charge in [0.25, 0.3) is 0 Å². The summed E-state index contributed by atoms with van der Waals surface area (Å²) in [5.74, 6) is 3.05. The summed E-state index contributed by atoms with van der Waals surface area (Å²) in [6.07, 6.45) is 0. The zero-order valence-electron chi connectivity index (χ0n) is 19.9. The molecule has 0 aliphatic carbocycles. The smallest absolute Gasteiger partial charge is 0.243 e. The Bertz CT molecular complexity index is 1310. The van der Waals surface area contributed by atoms with Crippen LogP contribution in [0.15, 0.2) is 30.3 Å². The maximum Gasteiger partial charge on any atom is 0.243 e. The maximum atomic E-state index is 5.91. The number of methoxy groups -OCH3 is 3. The van der Waals surface area contributed by atoms with Gasteiger partial charge in [0.2, 0.25) is 17.6 Å². The number of H-pyrrole nitrogens is 1. The van der Waals surface area contributed by atoms with E-state index >= 15 is 0 Å². The van der Waals surface area contributed by atoms with Crippen LogP contribution in [-0.2, 0) is 0 Å². The van der Waals surface area contributed by atoms with Crippen LogP contribution in [-0.4, -0.2) is 69.1 Å². The minimum absolute atomic E-state index is 0.527. The summed E-state index contributed by atoms with van der Waals surface area (Å²) in [6, 6.07) is 10.1. The van der Waals surface area contributed by atoms with E-state index in [9.17, 15) is 0 Å². The molecule has 5 rings (SSSR count). The summed E-state index contributed by atoms with van der Waals surface area (Å²) in [6.45, 7) is 6.02. The first-order valence-corrected chi connectivity index (χ1v) is 11.4. The van der Waals surface area contributed by atoms with Crippen LogP contribution in [0.2, 0.25) is 0 Å². The van der Waals surface area contributed by atoms with Gasteiger partial charge in [-0.15, -0.1) is 0 Å². The van der Waals surface area contributed by atoms with Gasteiger partial charge >= 0.3 is 0 Å². The van der Waals surface area contributed by atoms with Crippen molar-refractivity contribution in [3.05, 3.63) is 30.3 Å². The molecule has 1 saturated heterocycles. The van der Waals surface area contributed by atoms with Crippen molar-refractivity contribution >= 4 is 27.9 Å². The molecule has 1 aliphatic rings. The van der Waals surface area contributed by atoms with Crippen molar-refractivity contribution in [2.24, 2.45) is 0 Å². The average molecular weight is 464 g/mol. The molecule has 1 aliphatic heterocycles. The molecule has 0 saturated carbocycles. The van der Waals surface area contributed by atoms with Gasteiger partial charge in [0.15, 0.2) is 11.5 Å². The Hall–Kier alpha value is -3.72. The van der Waals surface area contributed by atoms with E-state index in [0.29, 0.717) is 35.7 Å². The SMILES string of the molecule is CCOc1nc(N2CCNCC2)nc2c1[nH]c1ccc(-c3cc(OC)c(OC)c(OC)c3)cc12. The molecule has 9 heteroatoms. The zero-order valence-corrected chi connectivity index (χ0v) is 19.9. The third-order valence-electron chi connectivity index (χ3n) is 6.08. The molecule has 178 valence electrons. The van der Waals surface area contributed by atoms with Gasteiger partial charge in [0, 0.05) is 37.1 Å². The molecule has 0 unspecified atom stereocenters. The number of anilines is 1. The number of piperazine rings is 1. The average Bonchev–Trinajstić information content (AvgIpc) is 3.26. The number of nitrogens with one attached hydrogen (secondary N) is 2. The summed E-state index contributed by atoms with van der Waals surface area (Å²) >= 11 is 0. The predicted molar refractivity (Wildman–Crippen MR) is 133 cm³/mol. The molecule has 0 bridgehead atoms. The summed E-state index contributed by atoms with van der Waals surface area (Å²) in [5.41, 5.74) is 4.58. The number of nitrogens with zero attached hydrogens (tertiary/aromatic N) is 3. The second-order valence-electron chi connectivity index (χ2n) is 8.02. The molecule has 2 aromatic carbocycles. The quantitative estimate of drug-likeness (QED) is 0.429. The van der Waals surface area contributed by atoms with Gasteiger partial charge in [-0.1, -0.05) is 6.07 Å². The Morgan fingerprint density at radius 1 is 0.912 bits per heavy atom. The minimum Gasteiger partial charge on any atom is -0.493 e. The van der Waals surface area contributed by atoms with E-state index in [1.165, 1.54) is 0 Å². The fourth-order valence-electron chi connectivity index (χ4n) is 4.40. The van der Waals surface area contributed by atoms with Crippen molar-refractivity contribution in [3.63, 3.8) is 0 Å². The van der Waals surface area contributed by atoms with Crippen molar-refractivity contribution in [2.75, 3.05) is 59.0 Å². The second-order valence-corrected chi connectivity index (χ2v) is 8.02. The maximum absolute atomic E-state index is 5.91. The fourth-order valence-corrected chi connectivity index (χ4v) is 4.40. The number of hydrogen-bond donors (Lipinski definition) is 2. The Kier molecular flexibility index (Phi) is 6.02. The molecule has 3 heterocycles. The van der Waals surface area contributed by atoms with E-state index in [1.54, 1.807) is 21.3 Å². The van der Waals surface area contributed by atoms with Crippen molar-refractivity contribution in [3.8, 4) is 34.3 Å². The van der Waals surface area contributed by atoms with Crippen molar-refractivity contribution in [2.45, 2.75) is 6.92 Å². The Morgan fingerprint density at radius 3 is 2.29 bits per heavy atom. The number of rotatable bonds is 7. The molecule has 9 nitrogen and oxygen atoms in total. The van der Waals surface area contributed by atoms with Gasteiger partial charge in [-0.25, -0.2) is 4.98 Å². The summed E-state index contributed by atoms with van der Waals surface area (Å²) in [7, 11) is 4.84. The molecular formula is C25H29N5O4. The first-order valence-electron chi connectivity index (χ1n) is 11.4. The molecule has 0 amide bonds. The van der Waals surface area contributed by atoms with Gasteiger partial charge in [0.1, 0.15) is 11.0 Å². The van der Waals surface area contributed by atoms with Crippen LogP contribution < -0.4 is 29.2 Å². The molecule has 2 N–H and O–H groups in total. The van der Waals surface area contributed by atoms with Crippen LogP contribution in [0.4, 0.5) is 5.95 Å². The number of fused-ring (bicyclic) bond motifs is 3. The lowest BCUT2D eigenvalue weighted by Crippen LogP contribution is -2.44. The van der Waals surface area contributed by atoms with Gasteiger partial charge in [-0.3, -0.25) is 0 Å². The van der Waals surface area contributed by atoms with E-state index in [2.05, 4.69) is 33.4 Å². The zero-order chi connectivity index (χ0) is 23.7. The van der Waals surface area contributed by atoms with Crippen LogP contribution in [0.3, 0.4) is 0 Å². The third kappa shape index (κ3) is 3.81. The number of aromatic amines is 1. The number of aromatic nitrogens is 3. The standard InChI is InChI=1S/C25H29N5O4/c1-5-34-24-22-21(28-25(29-24)30-10-8-26-9-11-30)17-12-15(6-7-18(17)27-22)16-13-19(31-2)23(33-4)20(14-16)32-3/h6-7,12-14,26-27H,5,8-11H2,1-4H3. The van der Waals surface area contributed by atoms with E-state index in [4.69, 9.17) is 28.9 Å². The van der Waals surface area contributed by atoms with E-state index in [0.717, 1.165) is 59.2 Å². The van der Waals surface area contributed by atoms with Gasteiger partial charge in [-0.2, -0.15) is 4.98 Å². The highest BCUT2D eigenvalue weighted by atomic mass is 16.5. The lowest BCUT2D eigenvalue weighted by molar-refractivity contribution is 0.324. The Labute approximate surface area is 198 Å². The summed E-state index contributed by atoms with van der Waals surface area (Å²) in [4.78, 5) is 15.4. The lowest BCUT2D eigenvalue weighted by Gasteiger charge is -2.27. The Balaban J connectivity index is 1.68. The monoisotopic (exact) mass is 463 g/mol. The number of hydrogen-bond acceptors (Lipinski definition) is 8. The molecule has 0 radical (unpaired) electrons. The lowest BCUT2D eigenvalue weighted by atomic mass is 10.0. The minimum atomic E-state index is 0.527. The highest BCUT2D eigenvalue weighted by Crippen LogP contribution is 2.42. The van der Waals surface area contributed by atoms with Gasteiger partial charge in [-0.05, 0) is 42.3 Å². The molecule has 1 fully saturated rings. The second kappa shape index (κ2) is 9.26. The predicted octanol–water partition coefficient (Wildman–Crippen LogP) is 3.61. The molecule has 34 heavy (non-hydrogen) atoms. The van der Waals surface area contributed by atoms with Crippen molar-refractivity contribution in [1.82, 2.24) is 20.3 Å². The summed E-state index contributed by atoms with van der Waals surface area (Å²) in [5, 5.41) is 4.38. The van der Waals surface area contributed by atoms with Gasteiger partial charge < -0.3 is 34.1 Å². The highest BCUT2D eigenvalue weighted by molar-refractivity contribution is 6.08.